The number of carbonyl (C=O) groups is 2. The molecule has 3 aromatic rings. The standard InChI is InChI=1S/C47H69N3O6/c1-3-5-7-9-11-17-31-50(32-18-12-10-8-6-4-2)35-42-33-44(39-25-23-37(36-51)24-26-39)56-47(55-42)40-29-27-38(28-30-40)43-20-14-13-19-41(43)34-48-45(52)21-15-16-22-46(53)49-54/h13-14,19-20,23-30,42,44,47,51,54H,3-12,15-18,21-22,31-36H2,1-2H3,(H,48,52)(H,49,53). The van der Waals surface area contributed by atoms with Crippen molar-refractivity contribution in [2.24, 2.45) is 0 Å². The molecule has 1 heterocycles. The average Bonchev–Trinajstić information content (AvgIpc) is 3.24. The lowest BCUT2D eigenvalue weighted by Gasteiger charge is -2.38. The lowest BCUT2D eigenvalue weighted by Crippen LogP contribution is -2.40. The van der Waals surface area contributed by atoms with Crippen molar-refractivity contribution in [3.63, 3.8) is 0 Å². The second-order valence-electron chi connectivity index (χ2n) is 15.5. The lowest BCUT2D eigenvalue weighted by molar-refractivity contribution is -0.253. The van der Waals surface area contributed by atoms with Gasteiger partial charge in [-0.25, -0.2) is 5.48 Å². The average molecular weight is 772 g/mol. The maximum absolute atomic E-state index is 12.5. The predicted molar refractivity (Wildman–Crippen MR) is 224 cm³/mol. The monoisotopic (exact) mass is 772 g/mol. The Kier molecular flexibility index (Phi) is 21.2. The predicted octanol–water partition coefficient (Wildman–Crippen LogP) is 10.1. The number of hydrogen-bond acceptors (Lipinski definition) is 7. The Bertz CT molecular complexity index is 1520. The summed E-state index contributed by atoms with van der Waals surface area (Å²) in [5, 5.41) is 21.4. The summed E-state index contributed by atoms with van der Waals surface area (Å²) in [5.74, 6) is -0.511. The number of unbranched alkanes of at least 4 members (excludes halogenated alkanes) is 11. The Hall–Kier alpha value is -3.60. The molecular formula is C47H69N3O6. The highest BCUT2D eigenvalue weighted by Gasteiger charge is 2.33. The molecule has 0 bridgehead atoms. The molecule has 1 aliphatic rings. The number of nitrogens with one attached hydrogen (secondary N) is 2. The molecule has 1 fully saturated rings. The lowest BCUT2D eigenvalue weighted by atomic mass is 9.97. The first-order chi connectivity index (χ1) is 27.4. The van der Waals surface area contributed by atoms with E-state index in [4.69, 9.17) is 14.7 Å². The van der Waals surface area contributed by atoms with E-state index in [0.717, 1.165) is 59.4 Å². The summed E-state index contributed by atoms with van der Waals surface area (Å²) >= 11 is 0. The Morgan fingerprint density at radius 1 is 0.696 bits per heavy atom. The molecule has 0 saturated carbocycles. The highest BCUT2D eigenvalue weighted by Crippen LogP contribution is 2.39. The fourth-order valence-electron chi connectivity index (χ4n) is 7.53. The molecule has 0 aliphatic carbocycles. The van der Waals surface area contributed by atoms with Gasteiger partial charge >= 0.3 is 0 Å². The van der Waals surface area contributed by atoms with Crippen LogP contribution in [0.5, 0.6) is 0 Å². The van der Waals surface area contributed by atoms with Gasteiger partial charge in [0.1, 0.15) is 0 Å². The third kappa shape index (κ3) is 16.1. The maximum Gasteiger partial charge on any atom is 0.243 e. The van der Waals surface area contributed by atoms with Gasteiger partial charge in [0.05, 0.1) is 18.8 Å². The van der Waals surface area contributed by atoms with Crippen molar-refractivity contribution in [1.82, 2.24) is 15.7 Å². The van der Waals surface area contributed by atoms with Gasteiger partial charge in [0, 0.05) is 37.9 Å². The molecule has 3 unspecified atom stereocenters. The SMILES string of the molecule is CCCCCCCCN(CCCCCCCC)CC1CC(c2ccc(CO)cc2)OC(c2ccc(-c3ccccc3CNC(=O)CCCCC(=O)NO)cc2)O1. The number of amides is 2. The van der Waals surface area contributed by atoms with Gasteiger partial charge in [-0.3, -0.25) is 14.8 Å². The van der Waals surface area contributed by atoms with Crippen LogP contribution in [-0.4, -0.2) is 52.8 Å². The van der Waals surface area contributed by atoms with Crippen LogP contribution >= 0.6 is 0 Å². The quantitative estimate of drug-likeness (QED) is 0.0346. The third-order valence-electron chi connectivity index (χ3n) is 10.9. The van der Waals surface area contributed by atoms with Crippen molar-refractivity contribution in [3.05, 3.63) is 95.1 Å². The molecule has 9 nitrogen and oxygen atoms in total. The van der Waals surface area contributed by atoms with Crippen LogP contribution in [0.2, 0.25) is 0 Å². The van der Waals surface area contributed by atoms with E-state index in [0.29, 0.717) is 25.8 Å². The molecule has 1 aliphatic heterocycles. The van der Waals surface area contributed by atoms with Crippen molar-refractivity contribution in [2.75, 3.05) is 19.6 Å². The van der Waals surface area contributed by atoms with Gasteiger partial charge in [0.15, 0.2) is 6.29 Å². The van der Waals surface area contributed by atoms with E-state index in [9.17, 15) is 14.7 Å². The first-order valence-electron chi connectivity index (χ1n) is 21.5. The number of rotatable bonds is 27. The molecule has 0 spiro atoms. The molecule has 9 heteroatoms. The highest BCUT2D eigenvalue weighted by atomic mass is 16.7. The summed E-state index contributed by atoms with van der Waals surface area (Å²) < 4.78 is 13.6. The summed E-state index contributed by atoms with van der Waals surface area (Å²) in [4.78, 5) is 26.4. The Morgan fingerprint density at radius 2 is 1.29 bits per heavy atom. The molecule has 308 valence electrons. The minimum absolute atomic E-state index is 0.00676. The van der Waals surface area contributed by atoms with Gasteiger partial charge < -0.3 is 24.8 Å². The number of aliphatic hydroxyl groups excluding tert-OH is 1. The van der Waals surface area contributed by atoms with Crippen LogP contribution in [0.4, 0.5) is 0 Å². The van der Waals surface area contributed by atoms with Crippen LogP contribution in [0, 0.1) is 0 Å². The zero-order valence-electron chi connectivity index (χ0n) is 34.2. The number of nitrogens with zero attached hydrogens (tertiary/aromatic N) is 1. The van der Waals surface area contributed by atoms with Crippen LogP contribution in [0.25, 0.3) is 11.1 Å². The summed E-state index contributed by atoms with van der Waals surface area (Å²) in [6.45, 7) is 8.03. The largest absolute Gasteiger partial charge is 0.392 e. The molecule has 3 atom stereocenters. The number of hydrogen-bond donors (Lipinski definition) is 4. The molecule has 1 saturated heterocycles. The second kappa shape index (κ2) is 26.3. The summed E-state index contributed by atoms with van der Waals surface area (Å²) in [5.41, 5.74) is 7.68. The topological polar surface area (TPSA) is 120 Å². The van der Waals surface area contributed by atoms with Crippen molar-refractivity contribution in [1.29, 1.82) is 0 Å². The summed E-state index contributed by atoms with van der Waals surface area (Å²) in [7, 11) is 0. The van der Waals surface area contributed by atoms with Crippen LogP contribution in [0.15, 0.2) is 72.8 Å². The molecule has 0 aromatic heterocycles. The zero-order valence-corrected chi connectivity index (χ0v) is 34.2. The first kappa shape index (κ1) is 45.1. The van der Waals surface area contributed by atoms with Gasteiger partial charge in [-0.1, -0.05) is 151 Å². The van der Waals surface area contributed by atoms with Gasteiger partial charge in [0.2, 0.25) is 11.8 Å². The molecule has 2 amide bonds. The molecule has 4 rings (SSSR count). The molecule has 4 N–H and O–H groups in total. The highest BCUT2D eigenvalue weighted by molar-refractivity contribution is 5.77. The normalized spacial score (nSPS) is 16.9. The zero-order chi connectivity index (χ0) is 39.8. The summed E-state index contributed by atoms with van der Waals surface area (Å²) in [6, 6.07) is 24.6. The van der Waals surface area contributed by atoms with Crippen LogP contribution < -0.4 is 10.8 Å². The van der Waals surface area contributed by atoms with Gasteiger partial charge in [-0.05, 0) is 66.6 Å². The Morgan fingerprint density at radius 3 is 1.91 bits per heavy atom. The molecule has 56 heavy (non-hydrogen) atoms. The van der Waals surface area contributed by atoms with E-state index in [2.05, 4.69) is 66.5 Å². The number of benzene rings is 3. The van der Waals surface area contributed by atoms with Gasteiger partial charge in [-0.2, -0.15) is 0 Å². The molecule has 3 aromatic carbocycles. The van der Waals surface area contributed by atoms with E-state index in [1.807, 2.05) is 30.3 Å². The van der Waals surface area contributed by atoms with E-state index < -0.39 is 12.2 Å². The van der Waals surface area contributed by atoms with Crippen molar-refractivity contribution < 1.29 is 29.4 Å². The van der Waals surface area contributed by atoms with E-state index in [1.54, 1.807) is 5.48 Å². The van der Waals surface area contributed by atoms with Crippen molar-refractivity contribution >= 4 is 11.8 Å². The Balaban J connectivity index is 1.45. The molecular weight excluding hydrogens is 703 g/mol. The maximum atomic E-state index is 12.5. The summed E-state index contributed by atoms with van der Waals surface area (Å²) in [6.07, 6.45) is 17.2. The number of carbonyl (C=O) groups excluding carboxylic acids is 2. The number of ether oxygens (including phenoxy) is 2. The minimum atomic E-state index is -0.520. The van der Waals surface area contributed by atoms with Crippen LogP contribution in [0.3, 0.4) is 0 Å². The van der Waals surface area contributed by atoms with Crippen LogP contribution in [-0.2, 0) is 32.2 Å². The van der Waals surface area contributed by atoms with E-state index >= 15 is 0 Å². The first-order valence-corrected chi connectivity index (χ1v) is 21.5. The van der Waals surface area contributed by atoms with Gasteiger partial charge in [0.25, 0.3) is 0 Å². The second-order valence-corrected chi connectivity index (χ2v) is 15.5. The Labute approximate surface area is 336 Å². The smallest absolute Gasteiger partial charge is 0.243 e. The van der Waals surface area contributed by atoms with Gasteiger partial charge in [-0.15, -0.1) is 0 Å². The van der Waals surface area contributed by atoms with Crippen molar-refractivity contribution in [2.45, 2.75) is 155 Å². The number of aliphatic hydroxyl groups is 1. The molecule has 0 radical (unpaired) electrons. The van der Waals surface area contributed by atoms with Crippen LogP contribution in [0.1, 0.15) is 158 Å². The fraction of sp³-hybridized carbons (Fsp3) is 0.574. The fourth-order valence-corrected chi connectivity index (χ4v) is 7.53. The third-order valence-corrected chi connectivity index (χ3v) is 10.9. The van der Waals surface area contributed by atoms with E-state index in [1.165, 1.54) is 77.0 Å². The van der Waals surface area contributed by atoms with Crippen molar-refractivity contribution in [3.8, 4) is 11.1 Å². The minimum Gasteiger partial charge on any atom is -0.392 e. The number of hydroxylamine groups is 1. The van der Waals surface area contributed by atoms with E-state index in [-0.39, 0.29) is 31.1 Å².